The van der Waals surface area contributed by atoms with Gasteiger partial charge in [0.1, 0.15) is 0 Å². The van der Waals surface area contributed by atoms with E-state index in [1.165, 1.54) is 14.7 Å². The van der Waals surface area contributed by atoms with Crippen molar-refractivity contribution in [3.8, 4) is 0 Å². The number of halogens is 1. The van der Waals surface area contributed by atoms with Gasteiger partial charge in [-0.1, -0.05) is 18.2 Å². The van der Waals surface area contributed by atoms with E-state index in [0.717, 1.165) is 39.1 Å². The maximum absolute atomic E-state index is 6.09. The van der Waals surface area contributed by atoms with Crippen LogP contribution in [0, 0.1) is 16.4 Å². The molecule has 2 aliphatic heterocycles. The van der Waals surface area contributed by atoms with Gasteiger partial charge in [-0.25, -0.2) is 0 Å². The van der Waals surface area contributed by atoms with Crippen molar-refractivity contribution in [3.63, 3.8) is 0 Å². The third-order valence-electron chi connectivity index (χ3n) is 4.94. The van der Waals surface area contributed by atoms with Crippen molar-refractivity contribution in [2.24, 2.45) is 5.92 Å². The Morgan fingerprint density at radius 2 is 2.24 bits per heavy atom. The third kappa shape index (κ3) is 3.14. The predicted octanol–water partition coefficient (Wildman–Crippen LogP) is 3.45. The van der Waals surface area contributed by atoms with Crippen molar-refractivity contribution in [1.82, 2.24) is 5.32 Å². The molecule has 0 saturated carbocycles. The van der Waals surface area contributed by atoms with Gasteiger partial charge in [-0.3, -0.25) is 0 Å². The molecule has 0 amide bonds. The van der Waals surface area contributed by atoms with Crippen LogP contribution in [0.5, 0.6) is 0 Å². The first-order valence-electron chi connectivity index (χ1n) is 7.79. The Bertz CT molecular complexity index is 500. The van der Waals surface area contributed by atoms with Crippen LogP contribution in [-0.2, 0) is 9.47 Å². The highest BCUT2D eigenvalue weighted by Crippen LogP contribution is 2.41. The van der Waals surface area contributed by atoms with Crippen LogP contribution in [0.2, 0.25) is 0 Å². The average molecular weight is 401 g/mol. The molecule has 1 spiro atoms. The van der Waals surface area contributed by atoms with Gasteiger partial charge in [-0.2, -0.15) is 0 Å². The summed E-state index contributed by atoms with van der Waals surface area (Å²) in [4.78, 5) is 0. The Kier molecular flexibility index (Phi) is 4.88. The molecule has 0 aromatic heterocycles. The summed E-state index contributed by atoms with van der Waals surface area (Å²) in [6, 6.07) is 7.03. The monoisotopic (exact) mass is 401 g/mol. The second-order valence-electron chi connectivity index (χ2n) is 6.33. The smallest absolute Gasteiger partial charge is 0.0940 e. The summed E-state index contributed by atoms with van der Waals surface area (Å²) < 4.78 is 13.1. The molecule has 1 aromatic rings. The topological polar surface area (TPSA) is 30.5 Å². The Morgan fingerprint density at radius 3 is 2.95 bits per heavy atom. The normalized spacial score (nSPS) is 30.7. The van der Waals surface area contributed by atoms with Crippen LogP contribution in [0.3, 0.4) is 0 Å². The number of benzene rings is 1. The molecule has 2 heterocycles. The fourth-order valence-electron chi connectivity index (χ4n) is 3.77. The summed E-state index contributed by atoms with van der Waals surface area (Å²) in [5.41, 5.74) is 2.77. The van der Waals surface area contributed by atoms with E-state index in [1.807, 2.05) is 0 Å². The Balaban J connectivity index is 1.84. The average Bonchev–Trinajstić information content (AvgIpc) is 2.92. The molecule has 1 N–H and O–H groups in total. The summed E-state index contributed by atoms with van der Waals surface area (Å²) in [5, 5.41) is 3.56. The van der Waals surface area contributed by atoms with Gasteiger partial charge in [0.05, 0.1) is 12.2 Å². The third-order valence-corrected chi connectivity index (χ3v) is 6.41. The van der Waals surface area contributed by atoms with Crippen LogP contribution in [0.4, 0.5) is 0 Å². The molecule has 4 heteroatoms. The largest absolute Gasteiger partial charge is 0.378 e. The molecule has 0 radical (unpaired) electrons. The maximum Gasteiger partial charge on any atom is 0.0940 e. The molecule has 0 aliphatic carbocycles. The first kappa shape index (κ1) is 15.7. The summed E-state index contributed by atoms with van der Waals surface area (Å²) in [5.74, 6) is 0.612. The van der Waals surface area contributed by atoms with Crippen molar-refractivity contribution in [3.05, 3.63) is 32.9 Å². The Hall–Kier alpha value is -0.170. The highest BCUT2D eigenvalue weighted by Gasteiger charge is 2.43. The molecule has 2 fully saturated rings. The zero-order valence-corrected chi connectivity index (χ0v) is 15.0. The molecule has 3 nitrogen and oxygen atoms in total. The van der Waals surface area contributed by atoms with Crippen LogP contribution in [0.15, 0.2) is 18.2 Å². The summed E-state index contributed by atoms with van der Waals surface area (Å²) in [7, 11) is 2.08. The molecule has 3 unspecified atom stereocenters. The number of hydrogen-bond acceptors (Lipinski definition) is 3. The van der Waals surface area contributed by atoms with Crippen molar-refractivity contribution >= 4 is 22.6 Å². The molecular formula is C17H24INO2. The minimum atomic E-state index is -0.0206. The molecule has 21 heavy (non-hydrogen) atoms. The first-order valence-corrected chi connectivity index (χ1v) is 8.87. The zero-order valence-electron chi connectivity index (χ0n) is 12.8. The predicted molar refractivity (Wildman–Crippen MR) is 92.5 cm³/mol. The van der Waals surface area contributed by atoms with Crippen LogP contribution >= 0.6 is 22.6 Å². The van der Waals surface area contributed by atoms with E-state index in [4.69, 9.17) is 9.47 Å². The first-order chi connectivity index (χ1) is 10.2. The van der Waals surface area contributed by atoms with Crippen LogP contribution < -0.4 is 5.32 Å². The van der Waals surface area contributed by atoms with E-state index in [-0.39, 0.29) is 5.60 Å². The fraction of sp³-hybridized carbons (Fsp3) is 0.647. The number of aryl methyl sites for hydroxylation is 1. The second kappa shape index (κ2) is 6.52. The molecule has 3 atom stereocenters. The highest BCUT2D eigenvalue weighted by molar-refractivity contribution is 14.1. The Labute approximate surface area is 140 Å². The van der Waals surface area contributed by atoms with E-state index in [0.29, 0.717) is 12.0 Å². The lowest BCUT2D eigenvalue weighted by Gasteiger charge is -2.40. The zero-order chi connectivity index (χ0) is 14.9. The fourth-order valence-corrected chi connectivity index (χ4v) is 4.46. The summed E-state index contributed by atoms with van der Waals surface area (Å²) in [6.07, 6.45) is 3.27. The minimum Gasteiger partial charge on any atom is -0.378 e. The van der Waals surface area contributed by atoms with Crippen LogP contribution in [0.25, 0.3) is 0 Å². The summed E-state index contributed by atoms with van der Waals surface area (Å²) in [6.45, 7) is 4.66. The SMILES string of the molecule is CNC(c1cccc(C)c1I)C1CCOC2(CCOC2)C1. The number of hydrogen-bond donors (Lipinski definition) is 1. The Morgan fingerprint density at radius 1 is 1.38 bits per heavy atom. The van der Waals surface area contributed by atoms with Gasteiger partial charge < -0.3 is 14.8 Å². The van der Waals surface area contributed by atoms with Gasteiger partial charge in [0, 0.05) is 29.2 Å². The van der Waals surface area contributed by atoms with Crippen molar-refractivity contribution in [2.75, 3.05) is 26.9 Å². The van der Waals surface area contributed by atoms with Crippen molar-refractivity contribution < 1.29 is 9.47 Å². The molecule has 2 aliphatic rings. The number of ether oxygens (including phenoxy) is 2. The van der Waals surface area contributed by atoms with E-state index >= 15 is 0 Å². The van der Waals surface area contributed by atoms with Crippen molar-refractivity contribution in [1.29, 1.82) is 0 Å². The maximum atomic E-state index is 6.09. The van der Waals surface area contributed by atoms with Gasteiger partial charge in [-0.05, 0) is 66.4 Å². The van der Waals surface area contributed by atoms with Gasteiger partial charge in [0.2, 0.25) is 0 Å². The molecule has 1 aromatic carbocycles. The van der Waals surface area contributed by atoms with Crippen LogP contribution in [-0.4, -0.2) is 32.5 Å². The summed E-state index contributed by atoms with van der Waals surface area (Å²) >= 11 is 2.48. The number of rotatable bonds is 3. The molecule has 3 rings (SSSR count). The van der Waals surface area contributed by atoms with Gasteiger partial charge in [0.15, 0.2) is 0 Å². The molecule has 116 valence electrons. The molecule has 0 bridgehead atoms. The lowest BCUT2D eigenvalue weighted by molar-refractivity contribution is -0.103. The van der Waals surface area contributed by atoms with Gasteiger partial charge in [0.25, 0.3) is 0 Å². The van der Waals surface area contributed by atoms with Crippen molar-refractivity contribution in [2.45, 2.75) is 37.8 Å². The molecule has 2 saturated heterocycles. The lowest BCUT2D eigenvalue weighted by Crippen LogP contribution is -2.43. The number of nitrogens with one attached hydrogen (secondary N) is 1. The van der Waals surface area contributed by atoms with E-state index in [2.05, 4.69) is 60.1 Å². The lowest BCUT2D eigenvalue weighted by atomic mass is 9.79. The minimum absolute atomic E-state index is 0.0206. The van der Waals surface area contributed by atoms with E-state index in [9.17, 15) is 0 Å². The van der Waals surface area contributed by atoms with Gasteiger partial charge in [-0.15, -0.1) is 0 Å². The highest BCUT2D eigenvalue weighted by atomic mass is 127. The van der Waals surface area contributed by atoms with E-state index in [1.54, 1.807) is 0 Å². The van der Waals surface area contributed by atoms with Gasteiger partial charge >= 0.3 is 0 Å². The quantitative estimate of drug-likeness (QED) is 0.788. The second-order valence-corrected chi connectivity index (χ2v) is 7.41. The van der Waals surface area contributed by atoms with E-state index < -0.39 is 0 Å². The van der Waals surface area contributed by atoms with Crippen LogP contribution in [0.1, 0.15) is 36.4 Å². The molecular weight excluding hydrogens is 377 g/mol. The standard InChI is InChI=1S/C17H24INO2/c1-12-4-3-5-14(15(12)18)16(19-2)13-6-8-21-17(10-13)7-9-20-11-17/h3-5,13,16,19H,6-11H2,1-2H3.